The number of benzene rings is 1. The highest BCUT2D eigenvalue weighted by Gasteiger charge is 2.26. The van der Waals surface area contributed by atoms with Gasteiger partial charge in [-0.05, 0) is 44.0 Å². The van der Waals surface area contributed by atoms with Crippen LogP contribution in [0.3, 0.4) is 0 Å². The first-order chi connectivity index (χ1) is 9.74. The molecule has 3 N–H and O–H groups in total. The van der Waals surface area contributed by atoms with E-state index in [2.05, 4.69) is 23.1 Å². The molecule has 20 heavy (non-hydrogen) atoms. The average Bonchev–Trinajstić information content (AvgIpc) is 2.48. The molecule has 1 aromatic rings. The number of nitrogens with zero attached hydrogens (tertiary/aromatic N) is 1. The van der Waals surface area contributed by atoms with Crippen LogP contribution in [0.2, 0.25) is 0 Å². The number of fused-ring (bicyclic) bond motifs is 1. The molecule has 2 heterocycles. The van der Waals surface area contributed by atoms with Gasteiger partial charge in [-0.2, -0.15) is 0 Å². The van der Waals surface area contributed by atoms with Crippen LogP contribution in [0, 0.1) is 11.3 Å². The normalized spacial score (nSPS) is 23.9. The second-order valence-corrected chi connectivity index (χ2v) is 5.90. The predicted molar refractivity (Wildman–Crippen MR) is 80.4 cm³/mol. The van der Waals surface area contributed by atoms with Crippen LogP contribution in [-0.4, -0.2) is 37.0 Å². The number of hydrogen-bond acceptors (Lipinski definition) is 3. The molecule has 1 saturated heterocycles. The molecule has 1 atom stereocenters. The summed E-state index contributed by atoms with van der Waals surface area (Å²) >= 11 is 0. The molecule has 0 aromatic heterocycles. The number of ether oxygens (including phenoxy) is 1. The van der Waals surface area contributed by atoms with Gasteiger partial charge < -0.3 is 15.4 Å². The van der Waals surface area contributed by atoms with Gasteiger partial charge in [0.2, 0.25) is 0 Å². The third-order valence-electron chi connectivity index (χ3n) is 4.59. The van der Waals surface area contributed by atoms with Gasteiger partial charge in [-0.15, -0.1) is 0 Å². The van der Waals surface area contributed by atoms with Crippen molar-refractivity contribution in [3.63, 3.8) is 0 Å². The van der Waals surface area contributed by atoms with Crippen LogP contribution >= 0.6 is 0 Å². The monoisotopic (exact) mass is 273 g/mol. The molecule has 1 aromatic carbocycles. The molecule has 0 aliphatic carbocycles. The highest BCUT2D eigenvalue weighted by Crippen LogP contribution is 2.34. The van der Waals surface area contributed by atoms with Crippen LogP contribution < -0.4 is 10.5 Å². The third-order valence-corrected chi connectivity index (χ3v) is 4.59. The Labute approximate surface area is 120 Å². The fourth-order valence-electron chi connectivity index (χ4n) is 3.34. The standard InChI is InChI=1S/C16H23N3O/c17-16(18)12-5-8-19(9-6-12)11-13-7-10-20-15-4-2-1-3-14(13)15/h1-4,12-13H,5-11H2,(H3,17,18). The van der Waals surface area contributed by atoms with Crippen molar-refractivity contribution < 1.29 is 4.74 Å². The zero-order valence-electron chi connectivity index (χ0n) is 11.8. The summed E-state index contributed by atoms with van der Waals surface area (Å²) in [6, 6.07) is 8.41. The molecule has 0 saturated carbocycles. The van der Waals surface area contributed by atoms with Gasteiger partial charge in [0, 0.05) is 18.4 Å². The Bertz CT molecular complexity index is 480. The molecule has 0 bridgehead atoms. The van der Waals surface area contributed by atoms with Gasteiger partial charge in [-0.25, -0.2) is 0 Å². The lowest BCUT2D eigenvalue weighted by molar-refractivity contribution is 0.176. The molecule has 2 aliphatic rings. The molecule has 1 fully saturated rings. The first kappa shape index (κ1) is 13.4. The minimum atomic E-state index is 0.299. The Balaban J connectivity index is 1.61. The summed E-state index contributed by atoms with van der Waals surface area (Å²) in [7, 11) is 0. The molecular weight excluding hydrogens is 250 g/mol. The van der Waals surface area contributed by atoms with Crippen molar-refractivity contribution in [2.45, 2.75) is 25.2 Å². The number of para-hydroxylation sites is 1. The van der Waals surface area contributed by atoms with E-state index >= 15 is 0 Å². The minimum absolute atomic E-state index is 0.299. The lowest BCUT2D eigenvalue weighted by Crippen LogP contribution is -2.40. The van der Waals surface area contributed by atoms with E-state index < -0.39 is 0 Å². The molecule has 0 amide bonds. The van der Waals surface area contributed by atoms with Crippen molar-refractivity contribution in [2.24, 2.45) is 11.7 Å². The summed E-state index contributed by atoms with van der Waals surface area (Å²) < 4.78 is 5.73. The van der Waals surface area contributed by atoms with E-state index in [9.17, 15) is 0 Å². The number of amidine groups is 1. The summed E-state index contributed by atoms with van der Waals surface area (Å²) in [5.41, 5.74) is 6.96. The molecular formula is C16H23N3O. The minimum Gasteiger partial charge on any atom is -0.493 e. The Morgan fingerprint density at radius 1 is 1.25 bits per heavy atom. The van der Waals surface area contributed by atoms with Crippen molar-refractivity contribution in [3.8, 4) is 5.75 Å². The number of likely N-dealkylation sites (tertiary alicyclic amines) is 1. The topological polar surface area (TPSA) is 62.3 Å². The van der Waals surface area contributed by atoms with Gasteiger partial charge in [0.25, 0.3) is 0 Å². The summed E-state index contributed by atoms with van der Waals surface area (Å²) in [5, 5.41) is 7.55. The van der Waals surface area contributed by atoms with Crippen LogP contribution in [-0.2, 0) is 0 Å². The van der Waals surface area contributed by atoms with Crippen LogP contribution in [0.1, 0.15) is 30.7 Å². The van der Waals surface area contributed by atoms with Crippen LogP contribution in [0.15, 0.2) is 24.3 Å². The second kappa shape index (κ2) is 5.83. The van der Waals surface area contributed by atoms with E-state index in [1.807, 2.05) is 6.07 Å². The lowest BCUT2D eigenvalue weighted by atomic mass is 9.90. The number of hydrogen-bond donors (Lipinski definition) is 2. The van der Waals surface area contributed by atoms with Crippen molar-refractivity contribution in [1.29, 1.82) is 5.41 Å². The molecule has 3 rings (SSSR count). The summed E-state index contributed by atoms with van der Waals surface area (Å²) in [4.78, 5) is 2.52. The second-order valence-electron chi connectivity index (χ2n) is 5.90. The van der Waals surface area contributed by atoms with Gasteiger partial charge in [0.15, 0.2) is 0 Å². The van der Waals surface area contributed by atoms with Gasteiger partial charge in [-0.3, -0.25) is 5.41 Å². The molecule has 108 valence electrons. The van der Waals surface area contributed by atoms with E-state index in [0.29, 0.717) is 17.7 Å². The highest BCUT2D eigenvalue weighted by atomic mass is 16.5. The maximum Gasteiger partial charge on any atom is 0.122 e. The average molecular weight is 273 g/mol. The van der Waals surface area contributed by atoms with Crippen molar-refractivity contribution in [3.05, 3.63) is 29.8 Å². The van der Waals surface area contributed by atoms with Gasteiger partial charge >= 0.3 is 0 Å². The Morgan fingerprint density at radius 2 is 2.00 bits per heavy atom. The quantitative estimate of drug-likeness (QED) is 0.655. The number of rotatable bonds is 3. The zero-order valence-corrected chi connectivity index (χ0v) is 11.8. The van der Waals surface area contributed by atoms with Gasteiger partial charge in [-0.1, -0.05) is 18.2 Å². The SMILES string of the molecule is N=C(N)C1CCN(CC2CCOc3ccccc32)CC1. The largest absolute Gasteiger partial charge is 0.493 e. The summed E-state index contributed by atoms with van der Waals surface area (Å²) in [6.07, 6.45) is 3.16. The molecule has 0 spiro atoms. The van der Waals surface area contributed by atoms with E-state index in [1.165, 1.54) is 5.56 Å². The molecule has 0 radical (unpaired) electrons. The van der Waals surface area contributed by atoms with Crippen LogP contribution in [0.5, 0.6) is 5.75 Å². The van der Waals surface area contributed by atoms with E-state index in [0.717, 1.165) is 51.3 Å². The first-order valence-electron chi connectivity index (χ1n) is 7.52. The predicted octanol–water partition coefficient (Wildman–Crippen LogP) is 2.20. The van der Waals surface area contributed by atoms with Gasteiger partial charge in [0.05, 0.1) is 12.4 Å². The smallest absolute Gasteiger partial charge is 0.122 e. The van der Waals surface area contributed by atoms with Crippen molar-refractivity contribution in [1.82, 2.24) is 4.90 Å². The van der Waals surface area contributed by atoms with Crippen molar-refractivity contribution >= 4 is 5.84 Å². The first-order valence-corrected chi connectivity index (χ1v) is 7.52. The summed E-state index contributed by atoms with van der Waals surface area (Å²) in [6.45, 7) is 4.05. The highest BCUT2D eigenvalue weighted by molar-refractivity contribution is 5.79. The Kier molecular flexibility index (Phi) is 3.92. The van der Waals surface area contributed by atoms with Crippen molar-refractivity contribution in [2.75, 3.05) is 26.2 Å². The van der Waals surface area contributed by atoms with E-state index in [-0.39, 0.29) is 0 Å². The van der Waals surface area contributed by atoms with Crippen LogP contribution in [0.25, 0.3) is 0 Å². The fourth-order valence-corrected chi connectivity index (χ4v) is 3.34. The number of nitrogens with two attached hydrogens (primary N) is 1. The van der Waals surface area contributed by atoms with Crippen LogP contribution in [0.4, 0.5) is 0 Å². The molecule has 4 nitrogen and oxygen atoms in total. The number of nitrogens with one attached hydrogen (secondary N) is 1. The fraction of sp³-hybridized carbons (Fsp3) is 0.562. The molecule has 1 unspecified atom stereocenters. The Hall–Kier alpha value is -1.55. The third kappa shape index (κ3) is 2.80. The van der Waals surface area contributed by atoms with E-state index in [4.69, 9.17) is 15.9 Å². The van der Waals surface area contributed by atoms with Gasteiger partial charge in [0.1, 0.15) is 5.75 Å². The van der Waals surface area contributed by atoms with E-state index in [1.54, 1.807) is 0 Å². The lowest BCUT2D eigenvalue weighted by Gasteiger charge is -2.35. The maximum absolute atomic E-state index is 7.55. The Morgan fingerprint density at radius 3 is 2.75 bits per heavy atom. The number of piperidine rings is 1. The maximum atomic E-state index is 7.55. The summed E-state index contributed by atoms with van der Waals surface area (Å²) in [5.74, 6) is 2.30. The molecule has 2 aliphatic heterocycles. The molecule has 4 heteroatoms. The zero-order chi connectivity index (χ0) is 13.9.